The molecule has 136 valence electrons. The van der Waals surface area contributed by atoms with Crippen molar-refractivity contribution in [1.29, 1.82) is 0 Å². The zero-order chi connectivity index (χ0) is 19.2. The maximum absolute atomic E-state index is 12.9. The Labute approximate surface area is 165 Å². The molecule has 0 saturated carbocycles. The summed E-state index contributed by atoms with van der Waals surface area (Å²) in [7, 11) is 0. The lowest BCUT2D eigenvalue weighted by molar-refractivity contribution is 0.0734. The van der Waals surface area contributed by atoms with E-state index in [1.54, 1.807) is 48.7 Å². The Morgan fingerprint density at radius 3 is 2.33 bits per heavy atom. The molecule has 0 spiro atoms. The minimum absolute atomic E-state index is 0.271. The number of ether oxygens (including phenoxy) is 1. The average molecular weight is 403 g/mol. The molecule has 0 saturated heterocycles. The first-order valence-corrected chi connectivity index (χ1v) is 8.59. The second kappa shape index (κ2) is 8.66. The second-order valence-electron chi connectivity index (χ2n) is 5.46. The van der Waals surface area contributed by atoms with Gasteiger partial charge >= 0.3 is 5.97 Å². The van der Waals surface area contributed by atoms with Crippen LogP contribution in [0.1, 0.15) is 15.9 Å². The van der Waals surface area contributed by atoms with Crippen LogP contribution in [0.3, 0.4) is 0 Å². The quantitative estimate of drug-likeness (QED) is 0.254. The van der Waals surface area contributed by atoms with Crippen molar-refractivity contribution in [3.8, 4) is 5.75 Å². The molecule has 0 aliphatic carbocycles. The van der Waals surface area contributed by atoms with Crippen LogP contribution in [0, 0.1) is 5.82 Å². The zero-order valence-electron chi connectivity index (χ0n) is 13.8. The summed E-state index contributed by atoms with van der Waals surface area (Å²) in [6, 6.07) is 17.0. The van der Waals surface area contributed by atoms with E-state index in [0.29, 0.717) is 21.5 Å². The highest BCUT2D eigenvalue weighted by Gasteiger charge is 2.08. The third-order valence-corrected chi connectivity index (χ3v) is 4.24. The molecule has 0 atom stereocenters. The second-order valence-corrected chi connectivity index (χ2v) is 6.28. The number of carbonyl (C=O) groups excluding carboxylic acids is 1. The van der Waals surface area contributed by atoms with Crippen LogP contribution < -0.4 is 10.2 Å². The molecule has 0 radical (unpaired) electrons. The minimum Gasteiger partial charge on any atom is -0.423 e. The van der Waals surface area contributed by atoms with Crippen molar-refractivity contribution < 1.29 is 13.9 Å². The smallest absolute Gasteiger partial charge is 0.343 e. The first-order chi connectivity index (χ1) is 13.0. The molecule has 0 bridgehead atoms. The third kappa shape index (κ3) is 5.29. The van der Waals surface area contributed by atoms with Gasteiger partial charge < -0.3 is 4.74 Å². The van der Waals surface area contributed by atoms with Crippen molar-refractivity contribution in [3.05, 3.63) is 93.7 Å². The van der Waals surface area contributed by atoms with Crippen molar-refractivity contribution in [2.45, 2.75) is 0 Å². The van der Waals surface area contributed by atoms with E-state index in [1.165, 1.54) is 24.3 Å². The molecule has 0 aromatic heterocycles. The van der Waals surface area contributed by atoms with Crippen LogP contribution in [0.2, 0.25) is 10.0 Å². The van der Waals surface area contributed by atoms with Gasteiger partial charge in [-0.05, 0) is 72.3 Å². The van der Waals surface area contributed by atoms with Gasteiger partial charge in [-0.2, -0.15) is 5.10 Å². The third-order valence-electron chi connectivity index (χ3n) is 3.50. The number of benzene rings is 3. The van der Waals surface area contributed by atoms with Gasteiger partial charge in [0.1, 0.15) is 11.6 Å². The SMILES string of the molecule is O=C(Oc1ccc(C=NNc2ccc(Cl)c(Cl)c2)cc1)c1ccc(F)cc1. The maximum atomic E-state index is 12.9. The number of anilines is 1. The number of nitrogens with one attached hydrogen (secondary N) is 1. The number of halogens is 3. The zero-order valence-corrected chi connectivity index (χ0v) is 15.3. The van der Waals surface area contributed by atoms with Crippen LogP contribution in [0.5, 0.6) is 5.75 Å². The van der Waals surface area contributed by atoms with Gasteiger partial charge in [-0.15, -0.1) is 0 Å². The number of hydrogen-bond acceptors (Lipinski definition) is 4. The molecule has 4 nitrogen and oxygen atoms in total. The molecule has 0 aliphatic rings. The summed E-state index contributed by atoms with van der Waals surface area (Å²) in [5.74, 6) is -0.596. The molecular weight excluding hydrogens is 390 g/mol. The molecule has 3 aromatic carbocycles. The largest absolute Gasteiger partial charge is 0.423 e. The van der Waals surface area contributed by atoms with Crippen LogP contribution in [0.15, 0.2) is 71.8 Å². The van der Waals surface area contributed by atoms with Gasteiger partial charge in [-0.25, -0.2) is 9.18 Å². The first kappa shape index (κ1) is 18.9. The van der Waals surface area contributed by atoms with E-state index in [2.05, 4.69) is 10.5 Å². The molecule has 3 aromatic rings. The summed E-state index contributed by atoms with van der Waals surface area (Å²) < 4.78 is 18.1. The van der Waals surface area contributed by atoms with Crippen molar-refractivity contribution in [1.82, 2.24) is 0 Å². The molecule has 0 fully saturated rings. The van der Waals surface area contributed by atoms with Gasteiger partial charge in [0.2, 0.25) is 0 Å². The van der Waals surface area contributed by atoms with E-state index in [0.717, 1.165) is 5.56 Å². The maximum Gasteiger partial charge on any atom is 0.343 e. The van der Waals surface area contributed by atoms with E-state index in [4.69, 9.17) is 27.9 Å². The Balaban J connectivity index is 1.58. The lowest BCUT2D eigenvalue weighted by atomic mass is 10.2. The predicted molar refractivity (Wildman–Crippen MR) is 105 cm³/mol. The van der Waals surface area contributed by atoms with Crippen molar-refractivity contribution in [3.63, 3.8) is 0 Å². The van der Waals surface area contributed by atoms with E-state index in [9.17, 15) is 9.18 Å². The standard InChI is InChI=1S/C20H13Cl2FN2O2/c21-18-10-7-16(11-19(18)22)25-24-12-13-1-8-17(9-2-13)27-20(26)14-3-5-15(23)6-4-14/h1-12,25H. The Bertz CT molecular complexity index is 974. The van der Waals surface area contributed by atoms with Gasteiger partial charge in [0.05, 0.1) is 27.5 Å². The number of hydrogen-bond donors (Lipinski definition) is 1. The summed E-state index contributed by atoms with van der Waals surface area (Å²) in [5, 5.41) is 5.01. The average Bonchev–Trinajstić information content (AvgIpc) is 2.66. The number of hydrazone groups is 1. The van der Waals surface area contributed by atoms with E-state index < -0.39 is 11.8 Å². The molecule has 27 heavy (non-hydrogen) atoms. The predicted octanol–water partition coefficient (Wildman–Crippen LogP) is 5.80. The van der Waals surface area contributed by atoms with Crippen LogP contribution >= 0.6 is 23.2 Å². The van der Waals surface area contributed by atoms with Crippen LogP contribution in [0.4, 0.5) is 10.1 Å². The van der Waals surface area contributed by atoms with Crippen LogP contribution in [-0.2, 0) is 0 Å². The van der Waals surface area contributed by atoms with E-state index >= 15 is 0 Å². The summed E-state index contributed by atoms with van der Waals surface area (Å²) in [5.41, 5.74) is 4.61. The fourth-order valence-corrected chi connectivity index (χ4v) is 2.42. The summed E-state index contributed by atoms with van der Waals surface area (Å²) >= 11 is 11.8. The van der Waals surface area contributed by atoms with Gasteiger partial charge in [0.15, 0.2) is 0 Å². The summed E-state index contributed by atoms with van der Waals surface area (Å²) in [6.45, 7) is 0. The molecule has 0 aliphatic heterocycles. The van der Waals surface area contributed by atoms with E-state index in [1.807, 2.05) is 0 Å². The van der Waals surface area contributed by atoms with Gasteiger partial charge in [0.25, 0.3) is 0 Å². The number of carbonyl (C=O) groups is 1. The highest BCUT2D eigenvalue weighted by molar-refractivity contribution is 6.42. The van der Waals surface area contributed by atoms with Gasteiger partial charge in [-0.3, -0.25) is 5.43 Å². The fourth-order valence-electron chi connectivity index (χ4n) is 2.12. The van der Waals surface area contributed by atoms with Crippen molar-refractivity contribution in [2.75, 3.05) is 5.43 Å². The molecule has 3 rings (SSSR count). The summed E-state index contributed by atoms with van der Waals surface area (Å²) in [4.78, 5) is 12.0. The molecule has 7 heteroatoms. The van der Waals surface area contributed by atoms with Crippen LogP contribution in [-0.4, -0.2) is 12.2 Å². The number of esters is 1. The van der Waals surface area contributed by atoms with Crippen LogP contribution in [0.25, 0.3) is 0 Å². The highest BCUT2D eigenvalue weighted by atomic mass is 35.5. The molecule has 0 heterocycles. The minimum atomic E-state index is -0.558. The lowest BCUT2D eigenvalue weighted by Crippen LogP contribution is -2.08. The molecule has 0 amide bonds. The first-order valence-electron chi connectivity index (χ1n) is 7.83. The van der Waals surface area contributed by atoms with Crippen molar-refractivity contribution in [2.24, 2.45) is 5.10 Å². The molecular formula is C20H13Cl2FN2O2. The Morgan fingerprint density at radius 2 is 1.67 bits per heavy atom. The number of rotatable bonds is 5. The highest BCUT2D eigenvalue weighted by Crippen LogP contribution is 2.25. The Morgan fingerprint density at radius 1 is 0.963 bits per heavy atom. The fraction of sp³-hybridized carbons (Fsp3) is 0. The lowest BCUT2D eigenvalue weighted by Gasteiger charge is -2.05. The van der Waals surface area contributed by atoms with Crippen molar-refractivity contribution >= 4 is 41.1 Å². The van der Waals surface area contributed by atoms with Gasteiger partial charge in [-0.1, -0.05) is 23.2 Å². The van der Waals surface area contributed by atoms with Gasteiger partial charge in [0, 0.05) is 0 Å². The topological polar surface area (TPSA) is 50.7 Å². The Kier molecular flexibility index (Phi) is 6.06. The number of nitrogens with zero attached hydrogens (tertiary/aromatic N) is 1. The summed E-state index contributed by atoms with van der Waals surface area (Å²) in [6.07, 6.45) is 1.61. The molecule has 0 unspecified atom stereocenters. The van der Waals surface area contributed by atoms with E-state index in [-0.39, 0.29) is 5.56 Å². The molecule has 1 N–H and O–H groups in total. The Hall–Kier alpha value is -2.89. The normalized spacial score (nSPS) is 10.8. The monoisotopic (exact) mass is 402 g/mol.